The van der Waals surface area contributed by atoms with Gasteiger partial charge in [-0.1, -0.05) is 44.6 Å². The van der Waals surface area contributed by atoms with Crippen molar-refractivity contribution in [1.29, 1.82) is 0 Å². The van der Waals surface area contributed by atoms with E-state index in [1.165, 1.54) is 12.8 Å². The van der Waals surface area contributed by atoms with Crippen LogP contribution in [0.3, 0.4) is 0 Å². The molecule has 1 rings (SSSR count). The van der Waals surface area contributed by atoms with Crippen molar-refractivity contribution < 1.29 is 0 Å². The maximum Gasteiger partial charge on any atom is -0.0169 e. The van der Waals surface area contributed by atoms with Crippen molar-refractivity contribution in [3.8, 4) is 0 Å². The van der Waals surface area contributed by atoms with E-state index < -0.39 is 0 Å². The molecule has 0 fully saturated rings. The summed E-state index contributed by atoms with van der Waals surface area (Å²) in [7, 11) is 0. The Hall–Kier alpha value is -0.520. The molecular formula is C11H18. The Morgan fingerprint density at radius 1 is 1.27 bits per heavy atom. The summed E-state index contributed by atoms with van der Waals surface area (Å²) in [4.78, 5) is 0. The minimum absolute atomic E-state index is 0.768. The zero-order chi connectivity index (χ0) is 8.10. The van der Waals surface area contributed by atoms with Gasteiger partial charge in [0, 0.05) is 0 Å². The second-order valence-corrected chi connectivity index (χ2v) is 3.40. The van der Waals surface area contributed by atoms with Gasteiger partial charge in [-0.25, -0.2) is 0 Å². The zero-order valence-electron chi connectivity index (χ0n) is 7.59. The molecule has 0 aromatic carbocycles. The summed E-state index contributed by atoms with van der Waals surface area (Å²) in [5, 5.41) is 0. The van der Waals surface area contributed by atoms with Crippen molar-refractivity contribution in [3.05, 3.63) is 24.3 Å². The summed E-state index contributed by atoms with van der Waals surface area (Å²) in [5.41, 5.74) is 0. The highest BCUT2D eigenvalue weighted by atomic mass is 14.2. The van der Waals surface area contributed by atoms with Gasteiger partial charge < -0.3 is 0 Å². The lowest BCUT2D eigenvalue weighted by Gasteiger charge is -2.18. The van der Waals surface area contributed by atoms with Gasteiger partial charge in [-0.15, -0.1) is 0 Å². The molecule has 0 amide bonds. The molecule has 0 radical (unpaired) electrons. The van der Waals surface area contributed by atoms with Crippen molar-refractivity contribution >= 4 is 0 Å². The van der Waals surface area contributed by atoms with Crippen LogP contribution in [0.1, 0.15) is 33.1 Å². The molecule has 1 aliphatic carbocycles. The second-order valence-electron chi connectivity index (χ2n) is 3.40. The molecular weight excluding hydrogens is 132 g/mol. The minimum Gasteiger partial charge on any atom is -0.0879 e. The van der Waals surface area contributed by atoms with E-state index in [1.807, 2.05) is 0 Å². The number of hydrogen-bond acceptors (Lipinski definition) is 0. The van der Waals surface area contributed by atoms with Crippen LogP contribution in [0.4, 0.5) is 0 Å². The molecule has 0 bridgehead atoms. The van der Waals surface area contributed by atoms with E-state index in [0.717, 1.165) is 18.3 Å². The second kappa shape index (κ2) is 4.38. The lowest BCUT2D eigenvalue weighted by atomic mass is 9.87. The SMILES string of the molecule is CC[C@H]1C/C=C/C/C=C/[C@H]1C. The molecule has 62 valence electrons. The molecule has 0 saturated heterocycles. The third-order valence-corrected chi connectivity index (χ3v) is 2.59. The van der Waals surface area contributed by atoms with Crippen LogP contribution in [-0.4, -0.2) is 0 Å². The van der Waals surface area contributed by atoms with Crippen LogP contribution >= 0.6 is 0 Å². The lowest BCUT2D eigenvalue weighted by molar-refractivity contribution is 0.409. The Bertz CT molecular complexity index is 153. The fourth-order valence-electron chi connectivity index (χ4n) is 1.65. The largest absolute Gasteiger partial charge is 0.0879 e. The molecule has 0 aromatic rings. The summed E-state index contributed by atoms with van der Waals surface area (Å²) in [6.07, 6.45) is 12.9. The lowest BCUT2D eigenvalue weighted by Crippen LogP contribution is -2.08. The van der Waals surface area contributed by atoms with Crippen LogP contribution in [0.15, 0.2) is 24.3 Å². The van der Waals surface area contributed by atoms with Gasteiger partial charge in [-0.2, -0.15) is 0 Å². The Morgan fingerprint density at radius 2 is 2.09 bits per heavy atom. The summed E-state index contributed by atoms with van der Waals surface area (Å²) >= 11 is 0. The fraction of sp³-hybridized carbons (Fsp3) is 0.636. The van der Waals surface area contributed by atoms with Gasteiger partial charge in [-0.3, -0.25) is 0 Å². The standard InChI is InChI=1S/C11H18/c1-3-11-9-7-5-4-6-8-10(11)2/h5-8,10-11H,3-4,9H2,1-2H3/b7-5+,8-6+/t10-,11+/m1/s1. The Balaban J connectivity index is 2.55. The minimum atomic E-state index is 0.768. The van der Waals surface area contributed by atoms with Crippen molar-refractivity contribution in [3.63, 3.8) is 0 Å². The van der Waals surface area contributed by atoms with Crippen LogP contribution < -0.4 is 0 Å². The average Bonchev–Trinajstić information content (AvgIpc) is 1.98. The van der Waals surface area contributed by atoms with E-state index >= 15 is 0 Å². The highest BCUT2D eigenvalue weighted by molar-refractivity contribution is 5.00. The van der Waals surface area contributed by atoms with Gasteiger partial charge in [0.1, 0.15) is 0 Å². The molecule has 1 aliphatic rings. The summed E-state index contributed by atoms with van der Waals surface area (Å²) in [5.74, 6) is 1.63. The van der Waals surface area contributed by atoms with Crippen molar-refractivity contribution in [1.82, 2.24) is 0 Å². The van der Waals surface area contributed by atoms with E-state index in [-0.39, 0.29) is 0 Å². The highest BCUT2D eigenvalue weighted by Crippen LogP contribution is 2.22. The topological polar surface area (TPSA) is 0 Å². The third-order valence-electron chi connectivity index (χ3n) is 2.59. The Morgan fingerprint density at radius 3 is 2.82 bits per heavy atom. The van der Waals surface area contributed by atoms with E-state index in [1.54, 1.807) is 0 Å². The van der Waals surface area contributed by atoms with E-state index in [9.17, 15) is 0 Å². The van der Waals surface area contributed by atoms with Crippen LogP contribution in [0.2, 0.25) is 0 Å². The maximum absolute atomic E-state index is 2.36. The Kier molecular flexibility index (Phi) is 3.41. The van der Waals surface area contributed by atoms with Gasteiger partial charge in [-0.05, 0) is 24.7 Å². The molecule has 0 heterocycles. The molecule has 11 heavy (non-hydrogen) atoms. The summed E-state index contributed by atoms with van der Waals surface area (Å²) in [6.45, 7) is 4.61. The molecule has 0 nitrogen and oxygen atoms in total. The fourth-order valence-corrected chi connectivity index (χ4v) is 1.65. The molecule has 0 spiro atoms. The average molecular weight is 150 g/mol. The van der Waals surface area contributed by atoms with Gasteiger partial charge in [0.15, 0.2) is 0 Å². The first-order valence-corrected chi connectivity index (χ1v) is 4.66. The molecule has 0 N–H and O–H groups in total. The molecule has 0 saturated carbocycles. The third kappa shape index (κ3) is 2.53. The normalized spacial score (nSPS) is 37.3. The maximum atomic E-state index is 2.36. The predicted octanol–water partition coefficient (Wildman–Crippen LogP) is 3.55. The number of hydrogen-bond donors (Lipinski definition) is 0. The molecule has 2 atom stereocenters. The van der Waals surface area contributed by atoms with E-state index in [2.05, 4.69) is 38.2 Å². The van der Waals surface area contributed by atoms with Crippen LogP contribution in [0.25, 0.3) is 0 Å². The van der Waals surface area contributed by atoms with Crippen LogP contribution in [0, 0.1) is 11.8 Å². The molecule has 0 aromatic heterocycles. The molecule has 0 aliphatic heterocycles. The van der Waals surface area contributed by atoms with Crippen LogP contribution in [0.5, 0.6) is 0 Å². The monoisotopic (exact) mass is 150 g/mol. The molecule has 0 heteroatoms. The van der Waals surface area contributed by atoms with Crippen molar-refractivity contribution in [2.45, 2.75) is 33.1 Å². The number of rotatable bonds is 1. The smallest absolute Gasteiger partial charge is 0.0169 e. The van der Waals surface area contributed by atoms with E-state index in [0.29, 0.717) is 0 Å². The van der Waals surface area contributed by atoms with Crippen molar-refractivity contribution in [2.24, 2.45) is 11.8 Å². The van der Waals surface area contributed by atoms with E-state index in [4.69, 9.17) is 0 Å². The first-order valence-electron chi connectivity index (χ1n) is 4.66. The highest BCUT2D eigenvalue weighted by Gasteiger charge is 2.11. The summed E-state index contributed by atoms with van der Waals surface area (Å²) < 4.78 is 0. The van der Waals surface area contributed by atoms with Crippen molar-refractivity contribution in [2.75, 3.05) is 0 Å². The first kappa shape index (κ1) is 8.58. The number of allylic oxidation sites excluding steroid dienone is 4. The Labute approximate surface area is 70.0 Å². The predicted molar refractivity (Wildman–Crippen MR) is 50.5 cm³/mol. The van der Waals surface area contributed by atoms with Gasteiger partial charge in [0.25, 0.3) is 0 Å². The van der Waals surface area contributed by atoms with Gasteiger partial charge in [0.2, 0.25) is 0 Å². The van der Waals surface area contributed by atoms with Gasteiger partial charge in [0.05, 0.1) is 0 Å². The summed E-state index contributed by atoms with van der Waals surface area (Å²) in [6, 6.07) is 0. The quantitative estimate of drug-likeness (QED) is 0.501. The van der Waals surface area contributed by atoms with Crippen LogP contribution in [-0.2, 0) is 0 Å². The zero-order valence-corrected chi connectivity index (χ0v) is 7.59. The first-order chi connectivity index (χ1) is 5.34. The molecule has 0 unspecified atom stereocenters. The van der Waals surface area contributed by atoms with Gasteiger partial charge >= 0.3 is 0 Å².